The topological polar surface area (TPSA) is 21.1 Å². The van der Waals surface area contributed by atoms with Gasteiger partial charge in [-0.05, 0) is 50.9 Å². The second-order valence-corrected chi connectivity index (χ2v) is 6.33. The van der Waals surface area contributed by atoms with Gasteiger partial charge in [-0.3, -0.25) is 4.68 Å². The van der Waals surface area contributed by atoms with Crippen molar-refractivity contribution in [2.45, 2.75) is 24.3 Å². The molecule has 2 atom stereocenters. The molecule has 3 rings (SSSR count). The second-order valence-electron chi connectivity index (χ2n) is 5.54. The van der Waals surface area contributed by atoms with E-state index in [0.717, 1.165) is 11.8 Å². The van der Waals surface area contributed by atoms with Crippen LogP contribution >= 0.6 is 11.8 Å². The van der Waals surface area contributed by atoms with Crippen molar-refractivity contribution in [1.82, 2.24) is 14.7 Å². The molecule has 2 heterocycles. The van der Waals surface area contributed by atoms with E-state index in [1.165, 1.54) is 48.6 Å². The van der Waals surface area contributed by atoms with E-state index in [1.807, 2.05) is 11.8 Å². The van der Waals surface area contributed by atoms with Gasteiger partial charge >= 0.3 is 0 Å². The molecule has 0 N–H and O–H groups in total. The molecule has 3 nitrogen and oxygen atoms in total. The van der Waals surface area contributed by atoms with Gasteiger partial charge in [-0.15, -0.1) is 11.8 Å². The number of likely N-dealkylation sites (tertiary alicyclic amines) is 1. The van der Waals surface area contributed by atoms with Gasteiger partial charge in [0.05, 0.1) is 10.7 Å². The molecular formula is C13H21N3S. The highest BCUT2D eigenvalue weighted by molar-refractivity contribution is 7.98. The Morgan fingerprint density at radius 1 is 1.24 bits per heavy atom. The summed E-state index contributed by atoms with van der Waals surface area (Å²) in [4.78, 5) is 2.49. The summed E-state index contributed by atoms with van der Waals surface area (Å²) in [5.41, 5.74) is 2.92. The van der Waals surface area contributed by atoms with Crippen LogP contribution in [0.2, 0.25) is 0 Å². The molecule has 0 saturated carbocycles. The predicted octanol–water partition coefficient (Wildman–Crippen LogP) is 1.81. The van der Waals surface area contributed by atoms with E-state index in [2.05, 4.69) is 29.9 Å². The molecular weight excluding hydrogens is 230 g/mol. The number of hydrogen-bond acceptors (Lipinski definition) is 3. The number of fused-ring (bicyclic) bond motifs is 2. The minimum Gasteiger partial charge on any atom is -0.306 e. The van der Waals surface area contributed by atoms with E-state index in [1.54, 1.807) is 0 Å². The summed E-state index contributed by atoms with van der Waals surface area (Å²) >= 11 is 1.84. The molecule has 0 radical (unpaired) electrons. The van der Waals surface area contributed by atoms with Crippen LogP contribution in [0.4, 0.5) is 0 Å². The van der Waals surface area contributed by atoms with E-state index >= 15 is 0 Å². The van der Waals surface area contributed by atoms with Gasteiger partial charge in [-0.2, -0.15) is 5.10 Å². The van der Waals surface area contributed by atoms with Gasteiger partial charge < -0.3 is 4.90 Å². The predicted molar refractivity (Wildman–Crippen MR) is 71.5 cm³/mol. The Morgan fingerprint density at radius 3 is 2.82 bits per heavy atom. The Morgan fingerprint density at radius 2 is 2.06 bits per heavy atom. The third kappa shape index (κ3) is 1.91. The van der Waals surface area contributed by atoms with Crippen molar-refractivity contribution < 1.29 is 0 Å². The Bertz CT molecular complexity index is 427. The second kappa shape index (κ2) is 4.32. The van der Waals surface area contributed by atoms with Crippen molar-refractivity contribution in [2.75, 3.05) is 26.4 Å². The van der Waals surface area contributed by atoms with Crippen molar-refractivity contribution in [1.29, 1.82) is 0 Å². The zero-order chi connectivity index (χ0) is 12.0. The summed E-state index contributed by atoms with van der Waals surface area (Å²) in [5.74, 6) is 1.74. The first-order chi connectivity index (χ1) is 8.19. The lowest BCUT2D eigenvalue weighted by atomic mass is 9.74. The summed E-state index contributed by atoms with van der Waals surface area (Å²) in [6.45, 7) is 2.53. The summed E-state index contributed by atoms with van der Waals surface area (Å²) in [6, 6.07) is 0. The van der Waals surface area contributed by atoms with Gasteiger partial charge in [0.2, 0.25) is 0 Å². The molecule has 94 valence electrons. The highest BCUT2D eigenvalue weighted by atomic mass is 32.2. The van der Waals surface area contributed by atoms with Crippen LogP contribution in [0.15, 0.2) is 5.03 Å². The average molecular weight is 251 g/mol. The van der Waals surface area contributed by atoms with Crippen molar-refractivity contribution in [3.63, 3.8) is 0 Å². The van der Waals surface area contributed by atoms with E-state index in [9.17, 15) is 0 Å². The largest absolute Gasteiger partial charge is 0.306 e. The fraction of sp³-hybridized carbons (Fsp3) is 0.769. The molecule has 2 aliphatic rings. The van der Waals surface area contributed by atoms with Crippen LogP contribution in [0.1, 0.15) is 17.7 Å². The SMILES string of the molecule is CSc1c2c(nn1C)C[C@H]1CCN(C)C[C@@H]1C2. The van der Waals surface area contributed by atoms with E-state index < -0.39 is 0 Å². The molecule has 0 amide bonds. The lowest BCUT2D eigenvalue weighted by Gasteiger charge is -2.39. The quantitative estimate of drug-likeness (QED) is 0.710. The third-order valence-corrected chi connectivity index (χ3v) is 5.28. The first kappa shape index (κ1) is 11.6. The molecule has 1 fully saturated rings. The normalized spacial score (nSPS) is 28.9. The fourth-order valence-corrected chi connectivity index (χ4v) is 4.26. The summed E-state index contributed by atoms with van der Waals surface area (Å²) in [6.07, 6.45) is 5.97. The lowest BCUT2D eigenvalue weighted by Crippen LogP contribution is -2.41. The lowest BCUT2D eigenvalue weighted by molar-refractivity contribution is 0.133. The van der Waals surface area contributed by atoms with Gasteiger partial charge in [-0.25, -0.2) is 0 Å². The van der Waals surface area contributed by atoms with Crippen molar-refractivity contribution in [2.24, 2.45) is 18.9 Å². The summed E-state index contributed by atoms with van der Waals surface area (Å²) in [7, 11) is 4.34. The molecule has 4 heteroatoms. The molecule has 0 spiro atoms. The van der Waals surface area contributed by atoms with E-state index in [4.69, 9.17) is 5.10 Å². The number of rotatable bonds is 1. The van der Waals surface area contributed by atoms with Crippen LogP contribution in [0.5, 0.6) is 0 Å². The summed E-state index contributed by atoms with van der Waals surface area (Å²) in [5, 5.41) is 6.10. The highest BCUT2D eigenvalue weighted by Crippen LogP contribution is 2.38. The van der Waals surface area contributed by atoms with Gasteiger partial charge in [0.25, 0.3) is 0 Å². The molecule has 1 aromatic rings. The van der Waals surface area contributed by atoms with Gasteiger partial charge in [0, 0.05) is 19.2 Å². The molecule has 1 saturated heterocycles. The Hall–Kier alpha value is -0.480. The number of thioether (sulfide) groups is 1. The smallest absolute Gasteiger partial charge is 0.0968 e. The average Bonchev–Trinajstić information content (AvgIpc) is 2.60. The van der Waals surface area contributed by atoms with Crippen molar-refractivity contribution in [3.8, 4) is 0 Å². The Labute approximate surface area is 108 Å². The molecule has 0 bridgehead atoms. The van der Waals surface area contributed by atoms with Crippen LogP contribution in [0, 0.1) is 11.8 Å². The minimum absolute atomic E-state index is 0.858. The van der Waals surface area contributed by atoms with Gasteiger partial charge in [0.1, 0.15) is 0 Å². The molecule has 1 aliphatic heterocycles. The maximum absolute atomic E-state index is 4.71. The first-order valence-electron chi connectivity index (χ1n) is 6.46. The maximum atomic E-state index is 4.71. The number of piperidine rings is 1. The van der Waals surface area contributed by atoms with Crippen LogP contribution in [-0.2, 0) is 19.9 Å². The van der Waals surface area contributed by atoms with Gasteiger partial charge in [-0.1, -0.05) is 0 Å². The number of hydrogen-bond donors (Lipinski definition) is 0. The molecule has 1 aromatic heterocycles. The van der Waals surface area contributed by atoms with E-state index in [-0.39, 0.29) is 0 Å². The number of nitrogens with zero attached hydrogens (tertiary/aromatic N) is 3. The third-order valence-electron chi connectivity index (χ3n) is 4.38. The van der Waals surface area contributed by atoms with Crippen LogP contribution in [0.3, 0.4) is 0 Å². The zero-order valence-corrected chi connectivity index (χ0v) is 11.8. The molecule has 0 aromatic carbocycles. The van der Waals surface area contributed by atoms with Crippen molar-refractivity contribution in [3.05, 3.63) is 11.3 Å². The highest BCUT2D eigenvalue weighted by Gasteiger charge is 2.35. The Balaban J connectivity index is 1.92. The maximum Gasteiger partial charge on any atom is 0.0968 e. The zero-order valence-electron chi connectivity index (χ0n) is 10.9. The van der Waals surface area contributed by atoms with Crippen LogP contribution < -0.4 is 0 Å². The summed E-state index contributed by atoms with van der Waals surface area (Å²) < 4.78 is 2.08. The molecule has 17 heavy (non-hydrogen) atoms. The monoisotopic (exact) mass is 251 g/mol. The standard InChI is InChI=1S/C13H21N3S/c1-15-5-4-9-7-12-11(6-10(9)8-15)13(17-3)16(2)14-12/h9-10H,4-8H2,1-3H3/t9-,10+/m1/s1. The number of aromatic nitrogens is 2. The van der Waals surface area contributed by atoms with Crippen LogP contribution in [-0.4, -0.2) is 41.1 Å². The molecule has 1 aliphatic carbocycles. The van der Waals surface area contributed by atoms with Gasteiger partial charge in [0.15, 0.2) is 0 Å². The number of aryl methyl sites for hydroxylation is 1. The van der Waals surface area contributed by atoms with Crippen LogP contribution in [0.25, 0.3) is 0 Å². The van der Waals surface area contributed by atoms with Crippen molar-refractivity contribution >= 4 is 11.8 Å². The minimum atomic E-state index is 0.858. The Kier molecular flexibility index (Phi) is 2.95. The first-order valence-corrected chi connectivity index (χ1v) is 7.68. The van der Waals surface area contributed by atoms with E-state index in [0.29, 0.717) is 0 Å². The molecule has 0 unspecified atom stereocenters. The fourth-order valence-electron chi connectivity index (χ4n) is 3.50.